The first-order valence-corrected chi connectivity index (χ1v) is 10.4. The van der Waals surface area contributed by atoms with Crippen LogP contribution in [0.3, 0.4) is 0 Å². The molecule has 1 aromatic heterocycles. The molecular weight excluding hydrogens is 350 g/mol. The third-order valence-electron chi connectivity index (χ3n) is 5.93. The summed E-state index contributed by atoms with van der Waals surface area (Å²) in [4.78, 5) is 0.315. The zero-order valence-electron chi connectivity index (χ0n) is 16.0. The van der Waals surface area contributed by atoms with E-state index < -0.39 is 15.6 Å². The predicted octanol–water partition coefficient (Wildman–Crippen LogP) is 3.40. The van der Waals surface area contributed by atoms with Crippen LogP contribution in [-0.4, -0.2) is 20.1 Å². The maximum absolute atomic E-state index is 13.1. The topological polar surface area (TPSA) is 79.5 Å². The van der Waals surface area contributed by atoms with Crippen molar-refractivity contribution in [3.8, 4) is 0 Å². The molecule has 1 aromatic carbocycles. The van der Waals surface area contributed by atoms with Crippen LogP contribution in [0.15, 0.2) is 27.7 Å². The summed E-state index contributed by atoms with van der Waals surface area (Å²) in [6.45, 7) is 9.47. The molecule has 2 aromatic rings. The molecule has 0 saturated heterocycles. The first kappa shape index (κ1) is 19.1. The first-order chi connectivity index (χ1) is 12.1. The molecule has 0 radical (unpaired) electrons. The molecule has 142 valence electrons. The smallest absolute Gasteiger partial charge is 0.241 e. The molecule has 5 nitrogen and oxygen atoms in total. The summed E-state index contributed by atoms with van der Waals surface area (Å²) in [5.74, 6) is 0.424. The Labute approximate surface area is 155 Å². The second-order valence-electron chi connectivity index (χ2n) is 7.45. The van der Waals surface area contributed by atoms with E-state index in [1.54, 1.807) is 12.1 Å². The molecule has 1 fully saturated rings. The second kappa shape index (κ2) is 6.51. The number of hydrogen-bond acceptors (Lipinski definition) is 4. The fraction of sp³-hybridized carbons (Fsp3) is 0.500. The number of benzene rings is 1. The van der Waals surface area contributed by atoms with Crippen molar-refractivity contribution in [2.45, 2.75) is 58.0 Å². The van der Waals surface area contributed by atoms with Gasteiger partial charge in [-0.2, -0.15) is 0 Å². The highest BCUT2D eigenvalue weighted by atomic mass is 32.2. The number of nitrogens with one attached hydrogen (secondary N) is 1. The molecule has 0 spiro atoms. The molecular formula is C20H27NO4S. The Morgan fingerprint density at radius 2 is 1.62 bits per heavy atom. The van der Waals surface area contributed by atoms with E-state index in [1.165, 1.54) is 6.26 Å². The Kier molecular flexibility index (Phi) is 4.80. The van der Waals surface area contributed by atoms with Crippen molar-refractivity contribution in [2.75, 3.05) is 6.54 Å². The normalized spacial score (nSPS) is 17.3. The van der Waals surface area contributed by atoms with Gasteiger partial charge in [0.25, 0.3) is 0 Å². The quantitative estimate of drug-likeness (QED) is 0.809. The lowest BCUT2D eigenvalue weighted by atomic mass is 9.95. The van der Waals surface area contributed by atoms with Crippen LogP contribution in [0.1, 0.15) is 46.4 Å². The molecule has 1 saturated carbocycles. The summed E-state index contributed by atoms with van der Waals surface area (Å²) in [5, 5.41) is 11.1. The predicted molar refractivity (Wildman–Crippen MR) is 101 cm³/mol. The minimum absolute atomic E-state index is 0.0139. The van der Waals surface area contributed by atoms with Crippen molar-refractivity contribution < 1.29 is 17.9 Å². The Hall–Kier alpha value is -1.63. The molecule has 1 unspecified atom stereocenters. The summed E-state index contributed by atoms with van der Waals surface area (Å²) >= 11 is 0. The third kappa shape index (κ3) is 3.10. The van der Waals surface area contributed by atoms with E-state index in [9.17, 15) is 13.5 Å². The Morgan fingerprint density at radius 1 is 1.08 bits per heavy atom. The zero-order chi connectivity index (χ0) is 19.3. The highest BCUT2D eigenvalue weighted by Crippen LogP contribution is 2.45. The Morgan fingerprint density at radius 3 is 2.08 bits per heavy atom. The van der Waals surface area contributed by atoms with Gasteiger partial charge in [0.05, 0.1) is 11.2 Å². The summed E-state index contributed by atoms with van der Waals surface area (Å²) < 4.78 is 34.2. The first-order valence-electron chi connectivity index (χ1n) is 8.92. The van der Waals surface area contributed by atoms with E-state index in [0.717, 1.165) is 40.7 Å². The van der Waals surface area contributed by atoms with Crippen LogP contribution >= 0.6 is 0 Å². The highest BCUT2D eigenvalue weighted by molar-refractivity contribution is 7.89. The highest BCUT2D eigenvalue weighted by Gasteiger charge is 2.47. The summed E-state index contributed by atoms with van der Waals surface area (Å²) in [5.41, 5.74) is 3.28. The van der Waals surface area contributed by atoms with E-state index in [2.05, 4.69) is 4.72 Å². The van der Waals surface area contributed by atoms with Crippen LogP contribution in [0.25, 0.3) is 0 Å². The van der Waals surface area contributed by atoms with Crippen molar-refractivity contribution in [1.82, 2.24) is 4.72 Å². The molecule has 2 N–H and O–H groups in total. The standard InChI is InChI=1S/C20H27NO4S/c1-12-13(2)15(4)19(16(5)14(12)3)26(23,24)21-11-20(22,17-8-9-17)18-7-6-10-25-18/h6-7,10,17,21-22H,8-9,11H2,1-5H3. The van der Waals surface area contributed by atoms with Crippen LogP contribution in [0.4, 0.5) is 0 Å². The average Bonchev–Trinajstić information content (AvgIpc) is 3.31. The largest absolute Gasteiger partial charge is 0.466 e. The monoisotopic (exact) mass is 377 g/mol. The maximum atomic E-state index is 13.1. The lowest BCUT2D eigenvalue weighted by molar-refractivity contribution is -0.00225. The van der Waals surface area contributed by atoms with Gasteiger partial charge in [0, 0.05) is 6.54 Å². The number of furan rings is 1. The van der Waals surface area contributed by atoms with Crippen molar-refractivity contribution in [3.05, 3.63) is 52.0 Å². The van der Waals surface area contributed by atoms with Crippen molar-refractivity contribution in [2.24, 2.45) is 5.92 Å². The van der Waals surface area contributed by atoms with E-state index >= 15 is 0 Å². The molecule has 26 heavy (non-hydrogen) atoms. The molecule has 6 heteroatoms. The van der Waals surface area contributed by atoms with Crippen LogP contribution in [-0.2, 0) is 15.6 Å². The molecule has 1 aliphatic carbocycles. The van der Waals surface area contributed by atoms with Gasteiger partial charge in [-0.3, -0.25) is 0 Å². The fourth-order valence-electron chi connectivity index (χ4n) is 3.66. The zero-order valence-corrected chi connectivity index (χ0v) is 16.8. The number of sulfonamides is 1. The van der Waals surface area contributed by atoms with Gasteiger partial charge in [-0.15, -0.1) is 0 Å². The molecule has 0 aliphatic heterocycles. The minimum Gasteiger partial charge on any atom is -0.466 e. The van der Waals surface area contributed by atoms with Crippen LogP contribution < -0.4 is 4.72 Å². The molecule has 0 bridgehead atoms. The van der Waals surface area contributed by atoms with Crippen molar-refractivity contribution in [1.29, 1.82) is 0 Å². The Balaban J connectivity index is 1.96. The molecule has 3 rings (SSSR count). The number of rotatable bonds is 6. The summed E-state index contributed by atoms with van der Waals surface area (Å²) in [6.07, 6.45) is 3.22. The van der Waals surface area contributed by atoms with Gasteiger partial charge in [-0.1, -0.05) is 0 Å². The van der Waals surface area contributed by atoms with Crippen molar-refractivity contribution in [3.63, 3.8) is 0 Å². The lowest BCUT2D eigenvalue weighted by Gasteiger charge is -2.27. The molecule has 1 aliphatic rings. The van der Waals surface area contributed by atoms with Gasteiger partial charge in [-0.25, -0.2) is 13.1 Å². The fourth-order valence-corrected chi connectivity index (χ4v) is 5.33. The molecule has 1 heterocycles. The SMILES string of the molecule is Cc1c(C)c(C)c(S(=O)(=O)NCC(O)(c2ccco2)C2CC2)c(C)c1C. The third-order valence-corrected chi connectivity index (χ3v) is 7.61. The molecule has 1 atom stereocenters. The maximum Gasteiger partial charge on any atom is 0.241 e. The van der Waals surface area contributed by atoms with E-state index in [1.807, 2.05) is 34.6 Å². The Bertz CT molecular complexity index is 898. The minimum atomic E-state index is -3.77. The van der Waals surface area contributed by atoms with Gasteiger partial charge in [-0.05, 0) is 93.3 Å². The number of hydrogen-bond donors (Lipinski definition) is 2. The van der Waals surface area contributed by atoms with Gasteiger partial charge in [0.1, 0.15) is 11.4 Å². The average molecular weight is 378 g/mol. The van der Waals surface area contributed by atoms with E-state index in [4.69, 9.17) is 4.42 Å². The summed E-state index contributed by atoms with van der Waals surface area (Å²) in [7, 11) is -3.77. The number of aliphatic hydroxyl groups is 1. The van der Waals surface area contributed by atoms with Crippen LogP contribution in [0, 0.1) is 40.5 Å². The van der Waals surface area contributed by atoms with Gasteiger partial charge < -0.3 is 9.52 Å². The van der Waals surface area contributed by atoms with Gasteiger partial charge in [0.15, 0.2) is 0 Å². The lowest BCUT2D eigenvalue weighted by Crippen LogP contribution is -2.42. The van der Waals surface area contributed by atoms with Crippen molar-refractivity contribution >= 4 is 10.0 Å². The van der Waals surface area contributed by atoms with E-state index in [-0.39, 0.29) is 12.5 Å². The van der Waals surface area contributed by atoms with Crippen LogP contribution in [0.5, 0.6) is 0 Å². The van der Waals surface area contributed by atoms with E-state index in [0.29, 0.717) is 10.7 Å². The van der Waals surface area contributed by atoms with Crippen LogP contribution in [0.2, 0.25) is 0 Å². The molecule has 0 amide bonds. The summed E-state index contributed by atoms with van der Waals surface area (Å²) in [6, 6.07) is 3.40. The second-order valence-corrected chi connectivity index (χ2v) is 9.16. The van der Waals surface area contributed by atoms with Gasteiger partial charge >= 0.3 is 0 Å². The van der Waals surface area contributed by atoms with Gasteiger partial charge in [0.2, 0.25) is 10.0 Å².